The maximum atomic E-state index is 12.6. The van der Waals surface area contributed by atoms with Gasteiger partial charge in [0.1, 0.15) is 18.1 Å². The normalized spacial score (nSPS) is 10.4. The Labute approximate surface area is 185 Å². The molecule has 0 saturated carbocycles. The average Bonchev–Trinajstić information content (AvgIpc) is 2.78. The number of hydrogen-bond acceptors (Lipinski definition) is 4. The number of halogens is 1. The zero-order valence-electron chi connectivity index (χ0n) is 16.8. The molecule has 0 unspecified atom stereocenters. The van der Waals surface area contributed by atoms with Gasteiger partial charge in [-0.3, -0.25) is 9.59 Å². The first-order chi connectivity index (χ1) is 15.0. The van der Waals surface area contributed by atoms with Crippen molar-refractivity contribution in [3.63, 3.8) is 0 Å². The van der Waals surface area contributed by atoms with Gasteiger partial charge in [0.05, 0.1) is 5.56 Å². The van der Waals surface area contributed by atoms with Crippen molar-refractivity contribution in [2.45, 2.75) is 13.0 Å². The van der Waals surface area contributed by atoms with Gasteiger partial charge in [-0.25, -0.2) is 0 Å². The molecule has 2 amide bonds. The summed E-state index contributed by atoms with van der Waals surface area (Å²) in [6, 6.07) is 20.5. The van der Waals surface area contributed by atoms with Crippen LogP contribution in [-0.2, 0) is 6.61 Å². The predicted octanol–water partition coefficient (Wildman–Crippen LogP) is 4.17. The van der Waals surface area contributed by atoms with Crippen molar-refractivity contribution in [1.82, 2.24) is 10.6 Å². The summed E-state index contributed by atoms with van der Waals surface area (Å²) in [6.45, 7) is 1.03. The number of nitrogens with one attached hydrogen (secondary N) is 2. The summed E-state index contributed by atoms with van der Waals surface area (Å²) in [5.74, 6) is -0.0259. The lowest BCUT2D eigenvalue weighted by Crippen LogP contribution is -2.30. The molecular weight excluding hydrogens is 416 g/mol. The van der Waals surface area contributed by atoms with Gasteiger partial charge in [-0.2, -0.15) is 0 Å². The van der Waals surface area contributed by atoms with Gasteiger partial charge in [0, 0.05) is 29.2 Å². The maximum absolute atomic E-state index is 12.6. The van der Waals surface area contributed by atoms with E-state index in [-0.39, 0.29) is 24.2 Å². The maximum Gasteiger partial charge on any atom is 0.255 e. The molecule has 0 spiro atoms. The molecule has 31 heavy (non-hydrogen) atoms. The van der Waals surface area contributed by atoms with Gasteiger partial charge >= 0.3 is 0 Å². The number of hydrogen-bond donors (Lipinski definition) is 3. The zero-order chi connectivity index (χ0) is 22.1. The molecule has 7 heteroatoms. The number of carbonyl (C=O) groups excluding carboxylic acids is 2. The Morgan fingerprint density at radius 1 is 0.871 bits per heavy atom. The summed E-state index contributed by atoms with van der Waals surface area (Å²) in [6.07, 6.45) is 0.555. The van der Waals surface area contributed by atoms with E-state index in [2.05, 4.69) is 10.6 Å². The number of phenols is 1. The molecule has 6 nitrogen and oxygen atoms in total. The van der Waals surface area contributed by atoms with Gasteiger partial charge in [0.2, 0.25) is 0 Å². The van der Waals surface area contributed by atoms with E-state index in [1.807, 2.05) is 18.2 Å². The first-order valence-electron chi connectivity index (χ1n) is 9.85. The fourth-order valence-electron chi connectivity index (χ4n) is 2.89. The summed E-state index contributed by atoms with van der Waals surface area (Å²) < 4.78 is 5.82. The van der Waals surface area contributed by atoms with E-state index in [1.54, 1.807) is 42.5 Å². The molecular formula is C24H23ClN2O4. The van der Waals surface area contributed by atoms with Crippen molar-refractivity contribution in [2.24, 2.45) is 0 Å². The molecule has 0 heterocycles. The average molecular weight is 439 g/mol. The second kappa shape index (κ2) is 11.0. The lowest BCUT2D eigenvalue weighted by molar-refractivity contribution is 0.0948. The minimum atomic E-state index is -0.277. The van der Waals surface area contributed by atoms with Crippen LogP contribution in [0.5, 0.6) is 11.5 Å². The Kier molecular flexibility index (Phi) is 7.90. The van der Waals surface area contributed by atoms with E-state index in [0.29, 0.717) is 41.4 Å². The summed E-state index contributed by atoms with van der Waals surface area (Å²) in [4.78, 5) is 24.6. The highest BCUT2D eigenvalue weighted by Gasteiger charge is 2.12. The second-order valence-corrected chi connectivity index (χ2v) is 7.20. The van der Waals surface area contributed by atoms with E-state index in [1.165, 1.54) is 12.1 Å². The van der Waals surface area contributed by atoms with Crippen molar-refractivity contribution in [2.75, 3.05) is 13.1 Å². The third-order valence-corrected chi connectivity index (χ3v) is 4.87. The summed E-state index contributed by atoms with van der Waals surface area (Å²) >= 11 is 6.16. The number of para-hydroxylation sites is 1. The first-order valence-corrected chi connectivity index (χ1v) is 10.2. The molecule has 3 N–H and O–H groups in total. The van der Waals surface area contributed by atoms with Crippen molar-refractivity contribution < 1.29 is 19.4 Å². The monoisotopic (exact) mass is 438 g/mol. The van der Waals surface area contributed by atoms with Crippen molar-refractivity contribution in [3.05, 3.63) is 94.5 Å². The van der Waals surface area contributed by atoms with Crippen LogP contribution in [0.4, 0.5) is 0 Å². The standard InChI is InChI=1S/C24H23ClN2O4/c25-21-11-3-1-7-18(21)16-31-22-12-4-2-10-20(22)24(30)27-14-6-13-26-23(29)17-8-5-9-19(28)15-17/h1-5,7-12,15,28H,6,13-14,16H2,(H,26,29)(H,27,30). The molecule has 0 fully saturated rings. The van der Waals surface area contributed by atoms with Gasteiger partial charge in [-0.05, 0) is 42.8 Å². The Hall–Kier alpha value is -3.51. The molecule has 0 aliphatic carbocycles. The third kappa shape index (κ3) is 6.49. The molecule has 0 atom stereocenters. The van der Waals surface area contributed by atoms with Crippen molar-refractivity contribution in [3.8, 4) is 11.5 Å². The van der Waals surface area contributed by atoms with Crippen LogP contribution in [0.15, 0.2) is 72.8 Å². The third-order valence-electron chi connectivity index (χ3n) is 4.51. The molecule has 0 aromatic heterocycles. The molecule has 160 valence electrons. The number of benzene rings is 3. The molecule has 0 saturated heterocycles. The van der Waals surface area contributed by atoms with E-state index in [4.69, 9.17) is 16.3 Å². The van der Waals surface area contributed by atoms with Crippen LogP contribution in [0.2, 0.25) is 5.02 Å². The highest BCUT2D eigenvalue weighted by atomic mass is 35.5. The van der Waals surface area contributed by atoms with Crippen LogP contribution < -0.4 is 15.4 Å². The highest BCUT2D eigenvalue weighted by molar-refractivity contribution is 6.31. The summed E-state index contributed by atoms with van der Waals surface area (Å²) in [5.41, 5.74) is 1.65. The zero-order valence-corrected chi connectivity index (χ0v) is 17.6. The Bertz CT molecular complexity index is 1060. The van der Waals surface area contributed by atoms with Crippen LogP contribution in [0.25, 0.3) is 0 Å². The second-order valence-electron chi connectivity index (χ2n) is 6.79. The highest BCUT2D eigenvalue weighted by Crippen LogP contribution is 2.22. The van der Waals surface area contributed by atoms with Gasteiger partial charge in [0.15, 0.2) is 0 Å². The van der Waals surface area contributed by atoms with Gasteiger partial charge < -0.3 is 20.5 Å². The lowest BCUT2D eigenvalue weighted by Gasteiger charge is -2.12. The summed E-state index contributed by atoms with van der Waals surface area (Å²) in [7, 11) is 0. The fraction of sp³-hybridized carbons (Fsp3) is 0.167. The van der Waals surface area contributed by atoms with Gasteiger partial charge in [-0.15, -0.1) is 0 Å². The Balaban J connectivity index is 1.46. The van der Waals surface area contributed by atoms with Crippen LogP contribution in [0.1, 0.15) is 32.7 Å². The number of rotatable bonds is 9. The van der Waals surface area contributed by atoms with Crippen LogP contribution in [0.3, 0.4) is 0 Å². The SMILES string of the molecule is O=C(NCCCNC(=O)c1ccccc1OCc1ccccc1Cl)c1cccc(O)c1. The molecule has 3 aromatic carbocycles. The number of phenolic OH excluding ortho intramolecular Hbond substituents is 1. The van der Waals surface area contributed by atoms with Gasteiger partial charge in [0.25, 0.3) is 11.8 Å². The van der Waals surface area contributed by atoms with Crippen molar-refractivity contribution >= 4 is 23.4 Å². The fourth-order valence-corrected chi connectivity index (χ4v) is 3.08. The topological polar surface area (TPSA) is 87.7 Å². The number of ether oxygens (including phenoxy) is 1. The lowest BCUT2D eigenvalue weighted by atomic mass is 10.2. The molecule has 0 aliphatic heterocycles. The Morgan fingerprint density at radius 2 is 1.58 bits per heavy atom. The molecule has 0 bridgehead atoms. The number of aromatic hydroxyl groups is 1. The van der Waals surface area contributed by atoms with Crippen LogP contribution in [-0.4, -0.2) is 30.0 Å². The molecule has 3 aromatic rings. The van der Waals surface area contributed by atoms with E-state index in [9.17, 15) is 14.7 Å². The molecule has 3 rings (SSSR count). The molecule has 0 aliphatic rings. The van der Waals surface area contributed by atoms with E-state index in [0.717, 1.165) is 5.56 Å². The van der Waals surface area contributed by atoms with Crippen LogP contribution in [0, 0.1) is 0 Å². The van der Waals surface area contributed by atoms with E-state index < -0.39 is 0 Å². The van der Waals surface area contributed by atoms with Gasteiger partial charge in [-0.1, -0.05) is 48.0 Å². The minimum absolute atomic E-state index is 0.0373. The van der Waals surface area contributed by atoms with E-state index >= 15 is 0 Å². The molecule has 0 radical (unpaired) electrons. The Morgan fingerprint density at radius 3 is 2.35 bits per heavy atom. The largest absolute Gasteiger partial charge is 0.508 e. The summed E-state index contributed by atoms with van der Waals surface area (Å²) in [5, 5.41) is 15.6. The number of amides is 2. The minimum Gasteiger partial charge on any atom is -0.508 e. The quantitative estimate of drug-likeness (QED) is 0.437. The van der Waals surface area contributed by atoms with Crippen molar-refractivity contribution in [1.29, 1.82) is 0 Å². The predicted molar refractivity (Wildman–Crippen MR) is 120 cm³/mol. The first kappa shape index (κ1) is 22.2. The smallest absolute Gasteiger partial charge is 0.255 e. The van der Waals surface area contributed by atoms with Crippen LogP contribution >= 0.6 is 11.6 Å². The number of carbonyl (C=O) groups is 2.